The van der Waals surface area contributed by atoms with Crippen LogP contribution in [0.3, 0.4) is 0 Å². The van der Waals surface area contributed by atoms with Gasteiger partial charge in [-0.1, -0.05) is 66.2 Å². The Hall–Kier alpha value is -2.91. The van der Waals surface area contributed by atoms with Crippen molar-refractivity contribution in [2.75, 3.05) is 5.32 Å². The Kier molecular flexibility index (Phi) is 4.55. The third-order valence-corrected chi connectivity index (χ3v) is 4.70. The van der Waals surface area contributed by atoms with Gasteiger partial charge in [-0.05, 0) is 36.8 Å². The quantitative estimate of drug-likeness (QED) is 0.476. The summed E-state index contributed by atoms with van der Waals surface area (Å²) in [5.74, 6) is 1.43. The Morgan fingerprint density at radius 1 is 0.808 bits per heavy atom. The van der Waals surface area contributed by atoms with Crippen LogP contribution in [0.1, 0.15) is 18.5 Å². The van der Waals surface area contributed by atoms with Gasteiger partial charge in [0.15, 0.2) is 5.82 Å². The highest BCUT2D eigenvalue weighted by atomic mass is 35.5. The van der Waals surface area contributed by atoms with Gasteiger partial charge < -0.3 is 5.32 Å². The van der Waals surface area contributed by atoms with E-state index in [-0.39, 0.29) is 6.04 Å². The summed E-state index contributed by atoms with van der Waals surface area (Å²) in [7, 11) is 0. The van der Waals surface area contributed by atoms with E-state index in [0.29, 0.717) is 10.8 Å². The van der Waals surface area contributed by atoms with E-state index in [0.717, 1.165) is 22.3 Å². The van der Waals surface area contributed by atoms with Crippen molar-refractivity contribution >= 4 is 28.3 Å². The van der Waals surface area contributed by atoms with E-state index in [2.05, 4.69) is 24.4 Å². The molecule has 1 atom stereocenters. The van der Waals surface area contributed by atoms with Crippen LogP contribution in [0.5, 0.6) is 0 Å². The van der Waals surface area contributed by atoms with Crippen LogP contribution >= 0.6 is 11.6 Å². The number of nitrogens with zero attached hydrogens (tertiary/aromatic N) is 2. The van der Waals surface area contributed by atoms with Crippen LogP contribution < -0.4 is 5.32 Å². The van der Waals surface area contributed by atoms with Crippen molar-refractivity contribution in [2.45, 2.75) is 13.0 Å². The molecule has 0 spiro atoms. The Morgan fingerprint density at radius 2 is 1.50 bits per heavy atom. The average molecular weight is 360 g/mol. The highest BCUT2D eigenvalue weighted by Crippen LogP contribution is 2.30. The first-order valence-electron chi connectivity index (χ1n) is 8.55. The fourth-order valence-electron chi connectivity index (χ4n) is 2.98. The van der Waals surface area contributed by atoms with Crippen molar-refractivity contribution in [3.05, 3.63) is 89.4 Å². The number of hydrogen-bond donors (Lipinski definition) is 1. The molecule has 0 fully saturated rings. The minimum atomic E-state index is 0.119. The van der Waals surface area contributed by atoms with E-state index >= 15 is 0 Å². The lowest BCUT2D eigenvalue weighted by Gasteiger charge is -2.17. The highest BCUT2D eigenvalue weighted by Gasteiger charge is 2.13. The van der Waals surface area contributed by atoms with Crippen LogP contribution in [0.15, 0.2) is 78.9 Å². The Balaban J connectivity index is 1.81. The summed E-state index contributed by atoms with van der Waals surface area (Å²) in [5, 5.41) is 5.17. The van der Waals surface area contributed by atoms with Gasteiger partial charge in [-0.2, -0.15) is 0 Å². The van der Waals surface area contributed by atoms with Crippen molar-refractivity contribution in [2.24, 2.45) is 0 Å². The molecule has 3 nitrogen and oxygen atoms in total. The van der Waals surface area contributed by atoms with Gasteiger partial charge in [0.1, 0.15) is 5.82 Å². The second-order valence-electron chi connectivity index (χ2n) is 6.17. The third-order valence-electron chi connectivity index (χ3n) is 4.37. The molecule has 3 aromatic carbocycles. The molecule has 4 aromatic rings. The molecule has 0 unspecified atom stereocenters. The molecule has 0 saturated carbocycles. The predicted octanol–water partition coefficient (Wildman–Crippen LogP) is 6.12. The molecule has 0 aliphatic rings. The van der Waals surface area contributed by atoms with E-state index in [1.54, 1.807) is 0 Å². The first kappa shape index (κ1) is 16.6. The Labute approximate surface area is 157 Å². The minimum Gasteiger partial charge on any atom is -0.363 e. The minimum absolute atomic E-state index is 0.119. The number of hydrogen-bond acceptors (Lipinski definition) is 3. The zero-order chi connectivity index (χ0) is 17.9. The summed E-state index contributed by atoms with van der Waals surface area (Å²) in [4.78, 5) is 9.50. The number of fused-ring (bicyclic) bond motifs is 1. The lowest BCUT2D eigenvalue weighted by Crippen LogP contribution is -2.09. The van der Waals surface area contributed by atoms with Crippen LogP contribution in [0.2, 0.25) is 5.02 Å². The van der Waals surface area contributed by atoms with Crippen molar-refractivity contribution in [3.63, 3.8) is 0 Å². The molecule has 0 aliphatic carbocycles. The molecule has 0 amide bonds. The number of nitrogens with one attached hydrogen (secondary N) is 1. The Morgan fingerprint density at radius 3 is 2.31 bits per heavy atom. The lowest BCUT2D eigenvalue weighted by molar-refractivity contribution is 0.876. The van der Waals surface area contributed by atoms with Gasteiger partial charge in [0.2, 0.25) is 0 Å². The van der Waals surface area contributed by atoms with Crippen LogP contribution in [0, 0.1) is 0 Å². The summed E-state index contributed by atoms with van der Waals surface area (Å²) >= 11 is 6.36. The summed E-state index contributed by atoms with van der Waals surface area (Å²) < 4.78 is 0. The van der Waals surface area contributed by atoms with Crippen molar-refractivity contribution in [3.8, 4) is 11.4 Å². The molecular formula is C22H18ClN3. The second kappa shape index (κ2) is 7.14. The molecule has 128 valence electrons. The van der Waals surface area contributed by atoms with E-state index in [9.17, 15) is 0 Å². The Bertz CT molecular complexity index is 1050. The molecule has 26 heavy (non-hydrogen) atoms. The topological polar surface area (TPSA) is 37.8 Å². The van der Waals surface area contributed by atoms with E-state index in [4.69, 9.17) is 21.6 Å². The first-order chi connectivity index (χ1) is 12.7. The number of para-hydroxylation sites is 1. The number of anilines is 1. The van der Waals surface area contributed by atoms with Gasteiger partial charge >= 0.3 is 0 Å². The summed E-state index contributed by atoms with van der Waals surface area (Å²) in [6.07, 6.45) is 0. The van der Waals surface area contributed by atoms with Gasteiger partial charge in [0.25, 0.3) is 0 Å². The van der Waals surface area contributed by atoms with Crippen molar-refractivity contribution < 1.29 is 0 Å². The number of benzene rings is 3. The van der Waals surface area contributed by atoms with Crippen molar-refractivity contribution in [1.29, 1.82) is 0 Å². The van der Waals surface area contributed by atoms with Crippen LogP contribution in [0.4, 0.5) is 5.82 Å². The maximum Gasteiger partial charge on any atom is 0.163 e. The average Bonchev–Trinajstić information content (AvgIpc) is 2.69. The maximum atomic E-state index is 6.36. The van der Waals surface area contributed by atoms with Crippen molar-refractivity contribution in [1.82, 2.24) is 9.97 Å². The highest BCUT2D eigenvalue weighted by molar-refractivity contribution is 6.33. The molecule has 1 aromatic heterocycles. The smallest absolute Gasteiger partial charge is 0.163 e. The van der Waals surface area contributed by atoms with Gasteiger partial charge in [0.05, 0.1) is 10.5 Å². The monoisotopic (exact) mass is 359 g/mol. The largest absolute Gasteiger partial charge is 0.363 e. The molecule has 0 radical (unpaired) electrons. The standard InChI is InChI=1S/C22H18ClN3/c1-15(16-9-3-2-4-10-16)24-22-18-12-6-8-14-20(18)25-21(26-22)17-11-5-7-13-19(17)23/h2-15H,1H3,(H,24,25,26)/t15-/m1/s1. The lowest BCUT2D eigenvalue weighted by atomic mass is 10.1. The maximum absolute atomic E-state index is 6.36. The third kappa shape index (κ3) is 3.26. The molecule has 4 rings (SSSR count). The molecule has 0 aliphatic heterocycles. The second-order valence-corrected chi connectivity index (χ2v) is 6.58. The van der Waals surface area contributed by atoms with Gasteiger partial charge in [-0.15, -0.1) is 0 Å². The number of rotatable bonds is 4. The van der Waals surface area contributed by atoms with E-state index < -0.39 is 0 Å². The van der Waals surface area contributed by atoms with E-state index in [1.165, 1.54) is 5.56 Å². The SMILES string of the molecule is C[C@@H](Nc1nc(-c2ccccc2Cl)nc2ccccc12)c1ccccc1. The van der Waals surface area contributed by atoms with E-state index in [1.807, 2.05) is 66.7 Å². The normalized spacial score (nSPS) is 12.1. The fourth-order valence-corrected chi connectivity index (χ4v) is 3.20. The van der Waals surface area contributed by atoms with Crippen LogP contribution in [-0.4, -0.2) is 9.97 Å². The summed E-state index contributed by atoms with van der Waals surface area (Å²) in [6, 6.07) is 26.1. The molecule has 1 heterocycles. The zero-order valence-electron chi connectivity index (χ0n) is 14.4. The molecule has 4 heteroatoms. The van der Waals surface area contributed by atoms with Gasteiger partial charge in [0, 0.05) is 17.0 Å². The van der Waals surface area contributed by atoms with Crippen LogP contribution in [-0.2, 0) is 0 Å². The summed E-state index contributed by atoms with van der Waals surface area (Å²) in [5.41, 5.74) is 2.92. The van der Waals surface area contributed by atoms with Gasteiger partial charge in [-0.25, -0.2) is 9.97 Å². The molecule has 1 N–H and O–H groups in total. The predicted molar refractivity (Wildman–Crippen MR) is 108 cm³/mol. The fraction of sp³-hybridized carbons (Fsp3) is 0.0909. The summed E-state index contributed by atoms with van der Waals surface area (Å²) in [6.45, 7) is 2.13. The molecular weight excluding hydrogens is 342 g/mol. The number of aromatic nitrogens is 2. The van der Waals surface area contributed by atoms with Gasteiger partial charge in [-0.3, -0.25) is 0 Å². The molecule has 0 saturated heterocycles. The zero-order valence-corrected chi connectivity index (χ0v) is 15.1. The first-order valence-corrected chi connectivity index (χ1v) is 8.93. The number of halogens is 1. The van der Waals surface area contributed by atoms with Crippen LogP contribution in [0.25, 0.3) is 22.3 Å². The molecule has 0 bridgehead atoms.